The van der Waals surface area contributed by atoms with Gasteiger partial charge >= 0.3 is 5.97 Å². The molecule has 2 aliphatic heterocycles. The van der Waals surface area contributed by atoms with E-state index in [1.165, 1.54) is 51.4 Å². The smallest absolute Gasteiger partial charge is 0.310 e. The highest BCUT2D eigenvalue weighted by molar-refractivity contribution is 5.75. The quantitative estimate of drug-likeness (QED) is 0.528. The first-order valence-electron chi connectivity index (χ1n) is 13.5. The fraction of sp³-hybridized carbons (Fsp3) is 0.963. The summed E-state index contributed by atoms with van der Waals surface area (Å²) < 4.78 is 12.1. The Kier molecular flexibility index (Phi) is 4.29. The molecule has 1 N–H and O–H groups in total. The highest BCUT2D eigenvalue weighted by Crippen LogP contribution is 2.63. The van der Waals surface area contributed by atoms with Gasteiger partial charge in [-0.1, -0.05) is 6.92 Å². The molecule has 7 aliphatic rings. The van der Waals surface area contributed by atoms with Gasteiger partial charge in [-0.05, 0) is 112 Å². The summed E-state index contributed by atoms with van der Waals surface area (Å²) in [5.41, 5.74) is 0.446. The molecule has 5 saturated carbocycles. The van der Waals surface area contributed by atoms with Crippen molar-refractivity contribution in [3.8, 4) is 0 Å². The molecule has 0 aromatic rings. The fourth-order valence-electron chi connectivity index (χ4n) is 10.4. The van der Waals surface area contributed by atoms with Gasteiger partial charge < -0.3 is 14.8 Å². The minimum atomic E-state index is 0.0480. The Balaban J connectivity index is 1.05. The van der Waals surface area contributed by atoms with Crippen LogP contribution in [0.25, 0.3) is 0 Å². The van der Waals surface area contributed by atoms with E-state index in [0.29, 0.717) is 23.3 Å². The Labute approximate surface area is 187 Å². The number of hydrogen-bond donors (Lipinski definition) is 1. The highest BCUT2D eigenvalue weighted by atomic mass is 16.6. The molecule has 0 radical (unpaired) electrons. The van der Waals surface area contributed by atoms with E-state index >= 15 is 0 Å². The van der Waals surface area contributed by atoms with Gasteiger partial charge in [-0.15, -0.1) is 0 Å². The van der Waals surface area contributed by atoms with Gasteiger partial charge in [0, 0.05) is 18.5 Å². The molecule has 0 aromatic carbocycles. The molecule has 3 bridgehead atoms. The minimum Gasteiger partial charge on any atom is -0.462 e. The van der Waals surface area contributed by atoms with E-state index in [4.69, 9.17) is 9.47 Å². The molecule has 5 aliphatic carbocycles. The van der Waals surface area contributed by atoms with Gasteiger partial charge in [0.05, 0.1) is 18.1 Å². The summed E-state index contributed by atoms with van der Waals surface area (Å²) in [5, 5.41) is 3.91. The Morgan fingerprint density at radius 2 is 1.90 bits per heavy atom. The zero-order chi connectivity index (χ0) is 21.0. The lowest BCUT2D eigenvalue weighted by atomic mass is 9.53. The van der Waals surface area contributed by atoms with Gasteiger partial charge in [-0.2, -0.15) is 0 Å². The number of esters is 1. The van der Waals surface area contributed by atoms with Crippen LogP contribution >= 0.6 is 0 Å². The van der Waals surface area contributed by atoms with Crippen LogP contribution in [0.15, 0.2) is 0 Å². The first-order valence-corrected chi connectivity index (χ1v) is 13.5. The van der Waals surface area contributed by atoms with Gasteiger partial charge in [0.15, 0.2) is 0 Å². The molecule has 2 saturated heterocycles. The van der Waals surface area contributed by atoms with Crippen LogP contribution in [-0.4, -0.2) is 36.9 Å². The summed E-state index contributed by atoms with van der Waals surface area (Å²) in [6.07, 6.45) is 13.5. The average molecular weight is 428 g/mol. The second kappa shape index (κ2) is 6.72. The summed E-state index contributed by atoms with van der Waals surface area (Å²) in [5.74, 6) is 5.88. The summed E-state index contributed by atoms with van der Waals surface area (Å²) >= 11 is 0. The number of epoxide rings is 1. The lowest BCUT2D eigenvalue weighted by molar-refractivity contribution is -0.147. The Hall–Kier alpha value is -0.610. The number of nitrogens with one attached hydrogen (secondary N) is 1. The molecule has 0 aromatic heterocycles. The maximum Gasteiger partial charge on any atom is 0.310 e. The standard InChI is InChI=1S/C27H41NO3/c1-15(24-18-5-4-17-8-16(9-18)10-19(17)24)28-13-21-20-11-23-26(2,12-22(20)31-25(21)29)6-3-7-27(23)14-30-27/h15-24,28H,3-14H2,1-2H3/t15-,16-,17+,18-,19+,20+,21-,22+,23+,24+,26+,27-/m0/s1. The lowest BCUT2D eigenvalue weighted by Gasteiger charge is -2.51. The van der Waals surface area contributed by atoms with Crippen molar-refractivity contribution in [1.29, 1.82) is 0 Å². The van der Waals surface area contributed by atoms with Gasteiger partial charge in [0.1, 0.15) is 6.10 Å². The van der Waals surface area contributed by atoms with Gasteiger partial charge in [0.2, 0.25) is 0 Å². The van der Waals surface area contributed by atoms with E-state index in [1.54, 1.807) is 0 Å². The summed E-state index contributed by atoms with van der Waals surface area (Å²) in [6.45, 7) is 6.64. The average Bonchev–Trinajstić information content (AvgIpc) is 3.37. The summed E-state index contributed by atoms with van der Waals surface area (Å²) in [7, 11) is 0. The number of carbonyl (C=O) groups excluding carboxylic acids is 1. The monoisotopic (exact) mass is 427 g/mol. The van der Waals surface area contributed by atoms with E-state index in [9.17, 15) is 4.79 Å². The largest absolute Gasteiger partial charge is 0.462 e. The molecule has 0 amide bonds. The van der Waals surface area contributed by atoms with Gasteiger partial charge in [-0.3, -0.25) is 4.79 Å². The van der Waals surface area contributed by atoms with Crippen LogP contribution in [0.1, 0.15) is 78.1 Å². The molecule has 2 heterocycles. The Bertz CT molecular complexity index is 764. The molecule has 172 valence electrons. The van der Waals surface area contributed by atoms with Crippen LogP contribution < -0.4 is 5.32 Å². The molecule has 12 atom stereocenters. The van der Waals surface area contributed by atoms with Crippen LogP contribution in [0.5, 0.6) is 0 Å². The number of hydrogen-bond acceptors (Lipinski definition) is 4. The van der Waals surface area contributed by atoms with Crippen molar-refractivity contribution in [2.45, 2.75) is 95.8 Å². The molecule has 7 fully saturated rings. The Morgan fingerprint density at radius 1 is 1.10 bits per heavy atom. The van der Waals surface area contributed by atoms with Crippen LogP contribution in [0.2, 0.25) is 0 Å². The van der Waals surface area contributed by atoms with Crippen molar-refractivity contribution in [2.75, 3.05) is 13.2 Å². The van der Waals surface area contributed by atoms with Gasteiger partial charge in [-0.25, -0.2) is 0 Å². The number of carbonyl (C=O) groups is 1. The zero-order valence-corrected chi connectivity index (χ0v) is 19.5. The minimum absolute atomic E-state index is 0.0480. The van der Waals surface area contributed by atoms with E-state index in [1.807, 2.05) is 0 Å². The van der Waals surface area contributed by atoms with E-state index in [0.717, 1.165) is 55.6 Å². The molecule has 7 rings (SSSR count). The fourth-order valence-corrected chi connectivity index (χ4v) is 10.4. The topological polar surface area (TPSA) is 50.9 Å². The SMILES string of the molecule is C[C@H](NC[C@@H]1C(=O)O[C@@H]2C[C@@]3(C)CCC[C@]4(CO4)[C@@H]3C[C@H]12)[C@@H]1[C@H]2CC[C@@H]3C[C@@H](C2)C[C@H]31. The van der Waals surface area contributed by atoms with Gasteiger partial charge in [0.25, 0.3) is 0 Å². The molecule has 0 unspecified atom stereocenters. The second-order valence-corrected chi connectivity index (χ2v) is 13.2. The second-order valence-electron chi connectivity index (χ2n) is 13.2. The van der Waals surface area contributed by atoms with Crippen LogP contribution in [0.3, 0.4) is 0 Å². The maximum atomic E-state index is 13.0. The molecular weight excluding hydrogens is 386 g/mol. The van der Waals surface area contributed by atoms with Crippen molar-refractivity contribution >= 4 is 5.97 Å². The highest BCUT2D eigenvalue weighted by Gasteiger charge is 2.65. The van der Waals surface area contributed by atoms with Crippen LogP contribution in [0.4, 0.5) is 0 Å². The van der Waals surface area contributed by atoms with E-state index < -0.39 is 0 Å². The third-order valence-electron chi connectivity index (χ3n) is 11.7. The third kappa shape index (κ3) is 2.89. The van der Waals surface area contributed by atoms with Crippen molar-refractivity contribution in [1.82, 2.24) is 5.32 Å². The molecule has 1 spiro atoms. The van der Waals surface area contributed by atoms with Crippen molar-refractivity contribution in [3.05, 3.63) is 0 Å². The predicted molar refractivity (Wildman–Crippen MR) is 118 cm³/mol. The lowest BCUT2D eigenvalue weighted by Crippen LogP contribution is -2.52. The van der Waals surface area contributed by atoms with Crippen molar-refractivity contribution in [3.63, 3.8) is 0 Å². The summed E-state index contributed by atoms with van der Waals surface area (Å²) in [4.78, 5) is 13.0. The summed E-state index contributed by atoms with van der Waals surface area (Å²) in [6, 6.07) is 0.533. The maximum absolute atomic E-state index is 13.0. The molecule has 4 heteroatoms. The first-order chi connectivity index (χ1) is 15.0. The molecular formula is C27H41NO3. The van der Waals surface area contributed by atoms with E-state index in [-0.39, 0.29) is 23.6 Å². The zero-order valence-electron chi connectivity index (χ0n) is 19.5. The van der Waals surface area contributed by atoms with Crippen LogP contribution in [-0.2, 0) is 14.3 Å². The molecule has 4 nitrogen and oxygen atoms in total. The number of fused-ring (bicyclic) bond motifs is 5. The normalized spacial score (nSPS) is 57.5. The van der Waals surface area contributed by atoms with Crippen molar-refractivity contribution in [2.24, 2.45) is 52.8 Å². The van der Waals surface area contributed by atoms with E-state index in [2.05, 4.69) is 19.2 Å². The molecule has 31 heavy (non-hydrogen) atoms. The third-order valence-corrected chi connectivity index (χ3v) is 11.7. The Morgan fingerprint density at radius 3 is 2.74 bits per heavy atom. The predicted octanol–water partition coefficient (Wildman–Crippen LogP) is 4.56. The first kappa shape index (κ1) is 19.8. The van der Waals surface area contributed by atoms with Crippen LogP contribution in [0, 0.1) is 52.8 Å². The number of ether oxygens (including phenoxy) is 2. The van der Waals surface area contributed by atoms with Crippen molar-refractivity contribution < 1.29 is 14.3 Å². The number of rotatable bonds is 4.